The van der Waals surface area contributed by atoms with Crippen molar-refractivity contribution in [3.05, 3.63) is 75.7 Å². The summed E-state index contributed by atoms with van der Waals surface area (Å²) < 4.78 is 11.1. The van der Waals surface area contributed by atoms with Gasteiger partial charge in [0.25, 0.3) is 0 Å². The summed E-state index contributed by atoms with van der Waals surface area (Å²) in [4.78, 5) is 42.9. The summed E-state index contributed by atoms with van der Waals surface area (Å²) in [6.07, 6.45) is 0.849. The second-order valence-corrected chi connectivity index (χ2v) is 11.5. The van der Waals surface area contributed by atoms with Crippen molar-refractivity contribution in [2.24, 2.45) is 0 Å². The topological polar surface area (TPSA) is 118 Å². The number of amides is 2. The Hall–Kier alpha value is -3.92. The molecule has 1 aromatic heterocycles. The number of carboxylic acids is 1. The standard InChI is InChI=1S/C29H33N3O6S/c1-29(2,3)38-27(35)31-16-25-30-15-19(39-25)17-32(14-8-13-26(33)34)28(36)37-18-24-22-11-6-4-9-20(22)21-10-5-7-12-23(21)24/h4-7,9-12,15,24H,8,13-14,16-18H2,1-3H3,(H,31,35)(H,33,34). The van der Waals surface area contributed by atoms with Crippen molar-refractivity contribution in [1.29, 1.82) is 0 Å². The molecule has 4 rings (SSSR count). The molecule has 2 aromatic carbocycles. The van der Waals surface area contributed by atoms with E-state index in [4.69, 9.17) is 14.6 Å². The maximum Gasteiger partial charge on any atom is 0.410 e. The summed E-state index contributed by atoms with van der Waals surface area (Å²) in [5, 5.41) is 12.4. The monoisotopic (exact) mass is 551 g/mol. The van der Waals surface area contributed by atoms with Crippen molar-refractivity contribution in [1.82, 2.24) is 15.2 Å². The van der Waals surface area contributed by atoms with Gasteiger partial charge in [-0.15, -0.1) is 11.3 Å². The van der Waals surface area contributed by atoms with Gasteiger partial charge in [0.15, 0.2) is 0 Å². The van der Waals surface area contributed by atoms with Crippen molar-refractivity contribution in [3.8, 4) is 11.1 Å². The molecule has 1 aliphatic rings. The molecular formula is C29H33N3O6S. The van der Waals surface area contributed by atoms with Crippen LogP contribution in [0.3, 0.4) is 0 Å². The highest BCUT2D eigenvalue weighted by Crippen LogP contribution is 2.44. The lowest BCUT2D eigenvalue weighted by Gasteiger charge is -2.23. The van der Waals surface area contributed by atoms with Crippen LogP contribution in [0.2, 0.25) is 0 Å². The first kappa shape index (κ1) is 28.1. The van der Waals surface area contributed by atoms with E-state index in [0.29, 0.717) is 11.4 Å². The minimum absolute atomic E-state index is 0.0547. The molecule has 0 saturated carbocycles. The number of carbonyl (C=O) groups is 3. The second kappa shape index (κ2) is 12.3. The third kappa shape index (κ3) is 7.57. The van der Waals surface area contributed by atoms with Crippen molar-refractivity contribution in [2.45, 2.75) is 58.2 Å². The number of benzene rings is 2. The Kier molecular flexibility index (Phi) is 8.86. The molecule has 1 aliphatic carbocycles. The van der Waals surface area contributed by atoms with Gasteiger partial charge >= 0.3 is 18.2 Å². The summed E-state index contributed by atoms with van der Waals surface area (Å²) in [5.41, 5.74) is 3.92. The zero-order chi connectivity index (χ0) is 28.0. The molecule has 39 heavy (non-hydrogen) atoms. The van der Waals surface area contributed by atoms with E-state index in [9.17, 15) is 14.4 Å². The SMILES string of the molecule is CC(C)(C)OC(=O)NCc1ncc(CN(CCCC(=O)O)C(=O)OCC2c3ccccc3-c3ccccc32)s1. The van der Waals surface area contributed by atoms with Gasteiger partial charge in [0.1, 0.15) is 17.2 Å². The molecule has 2 N–H and O–H groups in total. The van der Waals surface area contributed by atoms with E-state index in [-0.39, 0.29) is 38.6 Å². The predicted octanol–water partition coefficient (Wildman–Crippen LogP) is 5.78. The van der Waals surface area contributed by atoms with Gasteiger partial charge in [-0.25, -0.2) is 14.6 Å². The number of fused-ring (bicyclic) bond motifs is 3. The third-order valence-corrected chi connectivity index (χ3v) is 7.13. The number of rotatable bonds is 10. The van der Waals surface area contributed by atoms with E-state index in [0.717, 1.165) is 27.1 Å². The molecule has 1 heterocycles. The highest BCUT2D eigenvalue weighted by molar-refractivity contribution is 7.11. The molecule has 206 valence electrons. The number of aromatic nitrogens is 1. The smallest absolute Gasteiger partial charge is 0.410 e. The number of ether oxygens (including phenoxy) is 2. The minimum Gasteiger partial charge on any atom is -0.481 e. The second-order valence-electron chi connectivity index (χ2n) is 10.3. The van der Waals surface area contributed by atoms with Gasteiger partial charge in [-0.1, -0.05) is 48.5 Å². The zero-order valence-electron chi connectivity index (χ0n) is 22.3. The largest absolute Gasteiger partial charge is 0.481 e. The first-order chi connectivity index (χ1) is 18.6. The van der Waals surface area contributed by atoms with E-state index in [1.165, 1.54) is 16.2 Å². The summed E-state index contributed by atoms with van der Waals surface area (Å²) in [5.74, 6) is -0.994. The van der Waals surface area contributed by atoms with E-state index in [2.05, 4.69) is 34.6 Å². The Labute approximate surface area is 231 Å². The van der Waals surface area contributed by atoms with Crippen LogP contribution >= 0.6 is 11.3 Å². The average Bonchev–Trinajstić information content (AvgIpc) is 3.46. The van der Waals surface area contributed by atoms with Gasteiger partial charge in [-0.3, -0.25) is 4.79 Å². The number of nitrogens with zero attached hydrogens (tertiary/aromatic N) is 2. The van der Waals surface area contributed by atoms with Gasteiger partial charge in [-0.05, 0) is 49.4 Å². The molecule has 3 aromatic rings. The van der Waals surface area contributed by atoms with Crippen LogP contribution < -0.4 is 5.32 Å². The minimum atomic E-state index is -0.921. The van der Waals surface area contributed by atoms with Crippen LogP contribution in [0.15, 0.2) is 54.7 Å². The van der Waals surface area contributed by atoms with Gasteiger partial charge in [-0.2, -0.15) is 0 Å². The fourth-order valence-electron chi connectivity index (χ4n) is 4.49. The Morgan fingerprint density at radius 3 is 2.31 bits per heavy atom. The molecule has 0 saturated heterocycles. The molecule has 0 fully saturated rings. The fraction of sp³-hybridized carbons (Fsp3) is 0.379. The Morgan fingerprint density at radius 1 is 1.05 bits per heavy atom. The highest BCUT2D eigenvalue weighted by Gasteiger charge is 2.30. The zero-order valence-corrected chi connectivity index (χ0v) is 23.1. The van der Waals surface area contributed by atoms with Gasteiger partial charge < -0.3 is 24.8 Å². The van der Waals surface area contributed by atoms with E-state index >= 15 is 0 Å². The van der Waals surface area contributed by atoms with Crippen LogP contribution in [0, 0.1) is 0 Å². The van der Waals surface area contributed by atoms with Crippen molar-refractivity contribution >= 4 is 29.5 Å². The van der Waals surface area contributed by atoms with Crippen molar-refractivity contribution in [2.75, 3.05) is 13.2 Å². The van der Waals surface area contributed by atoms with Gasteiger partial charge in [0.05, 0.1) is 13.1 Å². The fourth-order valence-corrected chi connectivity index (χ4v) is 5.37. The first-order valence-electron chi connectivity index (χ1n) is 12.8. The van der Waals surface area contributed by atoms with Gasteiger partial charge in [0, 0.05) is 30.0 Å². The van der Waals surface area contributed by atoms with Crippen LogP contribution in [0.5, 0.6) is 0 Å². The van der Waals surface area contributed by atoms with Crippen LogP contribution in [-0.2, 0) is 27.4 Å². The number of aliphatic carboxylic acids is 1. The molecule has 0 spiro atoms. The van der Waals surface area contributed by atoms with E-state index in [1.54, 1.807) is 27.0 Å². The molecule has 0 bridgehead atoms. The number of carboxylic acid groups (broad SMARTS) is 1. The Bertz CT molecular complexity index is 1290. The van der Waals surface area contributed by atoms with Gasteiger partial charge in [0.2, 0.25) is 0 Å². The van der Waals surface area contributed by atoms with E-state index in [1.807, 2.05) is 24.3 Å². The first-order valence-corrected chi connectivity index (χ1v) is 13.6. The molecule has 0 unspecified atom stereocenters. The van der Waals surface area contributed by atoms with Crippen molar-refractivity contribution < 1.29 is 29.0 Å². The Morgan fingerprint density at radius 2 is 1.69 bits per heavy atom. The number of hydrogen-bond donors (Lipinski definition) is 2. The molecule has 9 nitrogen and oxygen atoms in total. The molecule has 0 radical (unpaired) electrons. The molecule has 2 amide bonds. The van der Waals surface area contributed by atoms with Crippen molar-refractivity contribution in [3.63, 3.8) is 0 Å². The lowest BCUT2D eigenvalue weighted by Crippen LogP contribution is -2.33. The van der Waals surface area contributed by atoms with Crippen LogP contribution in [0.1, 0.15) is 60.5 Å². The van der Waals surface area contributed by atoms with E-state index < -0.39 is 23.8 Å². The maximum absolute atomic E-state index is 13.2. The molecule has 10 heteroatoms. The predicted molar refractivity (Wildman–Crippen MR) is 148 cm³/mol. The molecular weight excluding hydrogens is 518 g/mol. The average molecular weight is 552 g/mol. The van der Waals surface area contributed by atoms with Crippen LogP contribution in [-0.4, -0.2) is 51.9 Å². The number of carbonyl (C=O) groups excluding carboxylic acids is 2. The summed E-state index contributed by atoms with van der Waals surface area (Å²) in [7, 11) is 0. The quantitative estimate of drug-likeness (QED) is 0.328. The summed E-state index contributed by atoms with van der Waals surface area (Å²) in [6, 6.07) is 16.2. The summed E-state index contributed by atoms with van der Waals surface area (Å²) in [6.45, 7) is 6.19. The lowest BCUT2D eigenvalue weighted by molar-refractivity contribution is -0.137. The Balaban J connectivity index is 1.40. The number of nitrogens with one attached hydrogen (secondary N) is 1. The van der Waals surface area contributed by atoms with Crippen LogP contribution in [0.25, 0.3) is 11.1 Å². The number of thiazole rings is 1. The molecule has 0 atom stereocenters. The lowest BCUT2D eigenvalue weighted by atomic mass is 9.98. The highest BCUT2D eigenvalue weighted by atomic mass is 32.1. The normalized spacial score (nSPS) is 12.4. The number of hydrogen-bond acceptors (Lipinski definition) is 7. The number of alkyl carbamates (subject to hydrolysis) is 1. The molecule has 0 aliphatic heterocycles. The van der Waals surface area contributed by atoms with Crippen LogP contribution in [0.4, 0.5) is 9.59 Å². The maximum atomic E-state index is 13.2. The summed E-state index contributed by atoms with van der Waals surface area (Å²) >= 11 is 1.36. The third-order valence-electron chi connectivity index (χ3n) is 6.14.